The number of carbonyl (C=O) groups is 1. The molecule has 0 unspecified atom stereocenters. The first-order valence-corrected chi connectivity index (χ1v) is 6.14. The zero-order valence-corrected chi connectivity index (χ0v) is 10.8. The summed E-state index contributed by atoms with van der Waals surface area (Å²) in [6, 6.07) is 9.56. The SMILES string of the molecule is Cc1ccc(NC(=O)c2cc3cc(F)ccc3[nH]2)cn1. The van der Waals surface area contributed by atoms with E-state index in [1.165, 1.54) is 12.1 Å². The molecule has 20 heavy (non-hydrogen) atoms. The van der Waals surface area contributed by atoms with Gasteiger partial charge in [-0.1, -0.05) is 0 Å². The molecule has 2 aromatic heterocycles. The Kier molecular flexibility index (Phi) is 2.95. The number of hydrogen-bond acceptors (Lipinski definition) is 2. The van der Waals surface area contributed by atoms with Crippen LogP contribution in [0.15, 0.2) is 42.6 Å². The van der Waals surface area contributed by atoms with Crippen LogP contribution in [0.25, 0.3) is 10.9 Å². The van der Waals surface area contributed by atoms with E-state index in [9.17, 15) is 9.18 Å². The van der Waals surface area contributed by atoms with Crippen LogP contribution in [0.3, 0.4) is 0 Å². The lowest BCUT2D eigenvalue weighted by Crippen LogP contribution is -2.12. The van der Waals surface area contributed by atoms with Gasteiger partial charge in [-0.15, -0.1) is 0 Å². The fourth-order valence-corrected chi connectivity index (χ4v) is 1.97. The lowest BCUT2D eigenvalue weighted by atomic mass is 10.2. The quantitative estimate of drug-likeness (QED) is 0.750. The largest absolute Gasteiger partial charge is 0.351 e. The van der Waals surface area contributed by atoms with Crippen molar-refractivity contribution in [3.63, 3.8) is 0 Å². The molecule has 4 nitrogen and oxygen atoms in total. The number of anilines is 1. The summed E-state index contributed by atoms with van der Waals surface area (Å²) in [5.74, 6) is -0.613. The number of nitrogens with zero attached hydrogens (tertiary/aromatic N) is 1. The third-order valence-electron chi connectivity index (χ3n) is 3.00. The molecule has 0 saturated carbocycles. The lowest BCUT2D eigenvalue weighted by molar-refractivity contribution is 0.102. The first-order valence-electron chi connectivity index (χ1n) is 6.14. The first-order chi connectivity index (χ1) is 9.61. The van der Waals surface area contributed by atoms with Crippen molar-refractivity contribution >= 4 is 22.5 Å². The zero-order chi connectivity index (χ0) is 14.1. The van der Waals surface area contributed by atoms with Crippen molar-refractivity contribution < 1.29 is 9.18 Å². The van der Waals surface area contributed by atoms with Gasteiger partial charge in [0.2, 0.25) is 0 Å². The summed E-state index contributed by atoms with van der Waals surface area (Å²) in [5.41, 5.74) is 2.60. The highest BCUT2D eigenvalue weighted by Crippen LogP contribution is 2.17. The van der Waals surface area contributed by atoms with Crippen LogP contribution in [-0.2, 0) is 0 Å². The number of pyridine rings is 1. The van der Waals surface area contributed by atoms with Gasteiger partial charge in [0.25, 0.3) is 5.91 Å². The van der Waals surface area contributed by atoms with Crippen molar-refractivity contribution in [1.29, 1.82) is 0 Å². The van der Waals surface area contributed by atoms with Crippen LogP contribution < -0.4 is 5.32 Å². The van der Waals surface area contributed by atoms with Crippen LogP contribution in [-0.4, -0.2) is 15.9 Å². The second-order valence-corrected chi connectivity index (χ2v) is 4.56. The monoisotopic (exact) mass is 269 g/mol. The van der Waals surface area contributed by atoms with Crippen LogP contribution in [0.1, 0.15) is 16.2 Å². The summed E-state index contributed by atoms with van der Waals surface area (Å²) in [4.78, 5) is 19.2. The predicted octanol–water partition coefficient (Wildman–Crippen LogP) is 3.26. The average Bonchev–Trinajstić information content (AvgIpc) is 2.84. The van der Waals surface area contributed by atoms with Gasteiger partial charge in [-0.25, -0.2) is 4.39 Å². The molecule has 0 aliphatic carbocycles. The first kappa shape index (κ1) is 12.3. The van der Waals surface area contributed by atoms with Crippen molar-refractivity contribution in [2.75, 3.05) is 5.32 Å². The molecule has 3 rings (SSSR count). The Hall–Kier alpha value is -2.69. The predicted molar refractivity (Wildman–Crippen MR) is 75.2 cm³/mol. The van der Waals surface area contributed by atoms with E-state index in [1.807, 2.05) is 13.0 Å². The maximum absolute atomic E-state index is 13.1. The number of amides is 1. The average molecular weight is 269 g/mol. The summed E-state index contributed by atoms with van der Waals surface area (Å²) in [6.45, 7) is 1.87. The number of fused-ring (bicyclic) bond motifs is 1. The molecule has 3 aromatic rings. The highest BCUT2D eigenvalue weighted by atomic mass is 19.1. The van der Waals surface area contributed by atoms with E-state index in [0.717, 1.165) is 11.2 Å². The molecule has 0 aliphatic heterocycles. The maximum Gasteiger partial charge on any atom is 0.272 e. The van der Waals surface area contributed by atoms with E-state index < -0.39 is 0 Å². The molecule has 100 valence electrons. The van der Waals surface area contributed by atoms with Crippen LogP contribution in [0.5, 0.6) is 0 Å². The maximum atomic E-state index is 13.1. The van der Waals surface area contributed by atoms with Gasteiger partial charge in [0.1, 0.15) is 11.5 Å². The molecule has 0 bridgehead atoms. The van der Waals surface area contributed by atoms with Crippen LogP contribution >= 0.6 is 0 Å². The standard InChI is InChI=1S/C15H12FN3O/c1-9-2-4-12(8-17-9)18-15(20)14-7-10-6-11(16)3-5-13(10)19-14/h2-8,19H,1H3,(H,18,20). The highest BCUT2D eigenvalue weighted by molar-refractivity contribution is 6.05. The molecule has 0 fully saturated rings. The van der Waals surface area contributed by atoms with Crippen molar-refractivity contribution in [3.8, 4) is 0 Å². The molecule has 0 atom stereocenters. The molecule has 0 spiro atoms. The molecule has 5 heteroatoms. The topological polar surface area (TPSA) is 57.8 Å². The van der Waals surface area contributed by atoms with Gasteiger partial charge in [0.15, 0.2) is 0 Å². The number of carbonyl (C=O) groups excluding carboxylic acids is 1. The second-order valence-electron chi connectivity index (χ2n) is 4.56. The Balaban J connectivity index is 1.86. The summed E-state index contributed by atoms with van der Waals surface area (Å²) in [7, 11) is 0. The van der Waals surface area contributed by atoms with Gasteiger partial charge in [0.05, 0.1) is 11.9 Å². The Labute approximate surface area is 114 Å². The summed E-state index contributed by atoms with van der Waals surface area (Å²) in [6.07, 6.45) is 1.59. The molecule has 0 aliphatic rings. The molecule has 2 N–H and O–H groups in total. The third kappa shape index (κ3) is 2.38. The third-order valence-corrected chi connectivity index (χ3v) is 3.00. The van der Waals surface area contributed by atoms with Gasteiger partial charge >= 0.3 is 0 Å². The zero-order valence-electron chi connectivity index (χ0n) is 10.8. The number of hydrogen-bond donors (Lipinski definition) is 2. The van der Waals surface area contributed by atoms with E-state index in [1.54, 1.807) is 24.4 Å². The highest BCUT2D eigenvalue weighted by Gasteiger charge is 2.10. The smallest absolute Gasteiger partial charge is 0.272 e. The second kappa shape index (κ2) is 4.77. The van der Waals surface area contributed by atoms with E-state index in [0.29, 0.717) is 16.8 Å². The van der Waals surface area contributed by atoms with Crippen molar-refractivity contribution in [2.45, 2.75) is 6.92 Å². The van der Waals surface area contributed by atoms with Crippen LogP contribution in [0.2, 0.25) is 0 Å². The van der Waals surface area contributed by atoms with E-state index in [4.69, 9.17) is 0 Å². The minimum Gasteiger partial charge on any atom is -0.351 e. The van der Waals surface area contributed by atoms with Crippen molar-refractivity contribution in [1.82, 2.24) is 9.97 Å². The van der Waals surface area contributed by atoms with Gasteiger partial charge < -0.3 is 10.3 Å². The minimum absolute atomic E-state index is 0.285. The number of H-pyrrole nitrogens is 1. The van der Waals surface area contributed by atoms with Crippen LogP contribution in [0, 0.1) is 12.7 Å². The minimum atomic E-state index is -0.328. The van der Waals surface area contributed by atoms with E-state index in [2.05, 4.69) is 15.3 Å². The molecule has 0 saturated heterocycles. The molecule has 0 radical (unpaired) electrons. The van der Waals surface area contributed by atoms with Crippen molar-refractivity contribution in [3.05, 3.63) is 59.8 Å². The van der Waals surface area contributed by atoms with Crippen molar-refractivity contribution in [2.24, 2.45) is 0 Å². The number of halogens is 1. The Morgan fingerprint density at radius 3 is 2.85 bits per heavy atom. The number of benzene rings is 1. The number of aromatic amines is 1. The fourth-order valence-electron chi connectivity index (χ4n) is 1.97. The number of aryl methyl sites for hydroxylation is 1. The number of rotatable bonds is 2. The van der Waals surface area contributed by atoms with Gasteiger partial charge in [-0.2, -0.15) is 0 Å². The summed E-state index contributed by atoms with van der Waals surface area (Å²) < 4.78 is 13.1. The van der Waals surface area contributed by atoms with Crippen LogP contribution in [0.4, 0.5) is 10.1 Å². The Morgan fingerprint density at radius 1 is 1.25 bits per heavy atom. The molecule has 2 heterocycles. The fraction of sp³-hybridized carbons (Fsp3) is 0.0667. The summed E-state index contributed by atoms with van der Waals surface area (Å²) >= 11 is 0. The van der Waals surface area contributed by atoms with Gasteiger partial charge in [-0.05, 0) is 43.3 Å². The molecule has 1 aromatic carbocycles. The number of nitrogens with one attached hydrogen (secondary N) is 2. The van der Waals surface area contributed by atoms with E-state index in [-0.39, 0.29) is 11.7 Å². The molecular formula is C15H12FN3O. The number of aromatic nitrogens is 2. The van der Waals surface area contributed by atoms with E-state index >= 15 is 0 Å². The summed E-state index contributed by atoms with van der Waals surface area (Å²) in [5, 5.41) is 3.40. The molecule has 1 amide bonds. The Morgan fingerprint density at radius 2 is 2.10 bits per heavy atom. The molecular weight excluding hydrogens is 257 g/mol. The van der Waals surface area contributed by atoms with Gasteiger partial charge in [-0.3, -0.25) is 9.78 Å². The Bertz CT molecular complexity index is 777. The van der Waals surface area contributed by atoms with Gasteiger partial charge in [0, 0.05) is 16.6 Å². The normalized spacial score (nSPS) is 10.7. The lowest BCUT2D eigenvalue weighted by Gasteiger charge is -2.03.